The fourth-order valence-electron chi connectivity index (χ4n) is 2.29. The van der Waals surface area contributed by atoms with E-state index in [1.807, 2.05) is 0 Å². The summed E-state index contributed by atoms with van der Waals surface area (Å²) in [6, 6.07) is -0.00133. The molecule has 0 aromatic heterocycles. The number of aliphatic hydroxyl groups is 1. The molecule has 106 valence electrons. The van der Waals surface area contributed by atoms with Gasteiger partial charge in [0.15, 0.2) is 5.90 Å². The molecular weight excluding hydrogens is 226 g/mol. The topological polar surface area (TPSA) is 41.8 Å². The summed E-state index contributed by atoms with van der Waals surface area (Å²) in [5.41, 5.74) is 0. The molecule has 0 bridgehead atoms. The van der Waals surface area contributed by atoms with Crippen molar-refractivity contribution < 1.29 is 9.84 Å². The molecule has 0 spiro atoms. The number of ether oxygens (including phenoxy) is 1. The van der Waals surface area contributed by atoms with Gasteiger partial charge >= 0.3 is 0 Å². The van der Waals surface area contributed by atoms with Crippen LogP contribution in [0.2, 0.25) is 0 Å². The van der Waals surface area contributed by atoms with Crippen molar-refractivity contribution in [3.63, 3.8) is 0 Å². The van der Waals surface area contributed by atoms with Crippen LogP contribution < -0.4 is 0 Å². The molecule has 0 saturated carbocycles. The molecule has 3 heteroatoms. The quantitative estimate of drug-likeness (QED) is 0.572. The summed E-state index contributed by atoms with van der Waals surface area (Å²) in [6.07, 6.45) is 13.0. The predicted octanol–water partition coefficient (Wildman–Crippen LogP) is 3.70. The lowest BCUT2D eigenvalue weighted by molar-refractivity contribution is 0.226. The SMILES string of the molecule is CCCCCCCCCCCC1=NC(CO)CO1. The summed E-state index contributed by atoms with van der Waals surface area (Å²) in [5.74, 6) is 0.858. The number of hydrogen-bond acceptors (Lipinski definition) is 3. The van der Waals surface area contributed by atoms with Crippen molar-refractivity contribution in [2.24, 2.45) is 4.99 Å². The Kier molecular flexibility index (Phi) is 8.92. The Labute approximate surface area is 112 Å². The zero-order valence-electron chi connectivity index (χ0n) is 11.9. The van der Waals surface area contributed by atoms with Gasteiger partial charge in [-0.2, -0.15) is 0 Å². The fraction of sp³-hybridized carbons (Fsp3) is 0.933. The average molecular weight is 255 g/mol. The Bertz CT molecular complexity index is 229. The normalized spacial score (nSPS) is 18.8. The van der Waals surface area contributed by atoms with Gasteiger partial charge in [0.05, 0.1) is 6.61 Å². The first-order valence-electron chi connectivity index (χ1n) is 7.67. The van der Waals surface area contributed by atoms with E-state index in [4.69, 9.17) is 9.84 Å². The lowest BCUT2D eigenvalue weighted by Crippen LogP contribution is -2.10. The summed E-state index contributed by atoms with van der Waals surface area (Å²) >= 11 is 0. The minimum atomic E-state index is -0.00133. The lowest BCUT2D eigenvalue weighted by atomic mass is 10.1. The van der Waals surface area contributed by atoms with Gasteiger partial charge in [0.1, 0.15) is 12.6 Å². The summed E-state index contributed by atoms with van der Waals surface area (Å²) in [7, 11) is 0. The predicted molar refractivity (Wildman–Crippen MR) is 76.1 cm³/mol. The highest BCUT2D eigenvalue weighted by atomic mass is 16.5. The van der Waals surface area contributed by atoms with Gasteiger partial charge in [0, 0.05) is 6.42 Å². The Morgan fingerprint density at radius 3 is 2.22 bits per heavy atom. The Hall–Kier alpha value is -0.570. The third-order valence-corrected chi connectivity index (χ3v) is 3.47. The molecule has 0 aromatic carbocycles. The number of hydrogen-bond donors (Lipinski definition) is 1. The molecule has 0 fully saturated rings. The molecule has 0 aromatic rings. The van der Waals surface area contributed by atoms with Crippen molar-refractivity contribution >= 4 is 5.90 Å². The van der Waals surface area contributed by atoms with Gasteiger partial charge in [-0.25, -0.2) is 4.99 Å². The maximum Gasteiger partial charge on any atom is 0.183 e. The molecule has 3 nitrogen and oxygen atoms in total. The first-order chi connectivity index (χ1) is 8.86. The average Bonchev–Trinajstić information content (AvgIpc) is 2.85. The minimum absolute atomic E-state index is 0.00133. The highest BCUT2D eigenvalue weighted by Gasteiger charge is 2.16. The smallest absolute Gasteiger partial charge is 0.183 e. The summed E-state index contributed by atoms with van der Waals surface area (Å²) in [5, 5.41) is 8.93. The molecule has 1 aliphatic rings. The number of aliphatic imine (C=N–C) groups is 1. The van der Waals surface area contributed by atoms with E-state index >= 15 is 0 Å². The standard InChI is InChI=1S/C15H29NO2/c1-2-3-4-5-6-7-8-9-10-11-15-16-14(12-17)13-18-15/h14,17H,2-13H2,1H3. The number of unbranched alkanes of at least 4 members (excludes halogenated alkanes) is 8. The van der Waals surface area contributed by atoms with E-state index in [0.29, 0.717) is 6.61 Å². The molecule has 0 amide bonds. The largest absolute Gasteiger partial charge is 0.479 e. The molecule has 1 rings (SSSR count). The minimum Gasteiger partial charge on any atom is -0.479 e. The van der Waals surface area contributed by atoms with E-state index in [9.17, 15) is 0 Å². The van der Waals surface area contributed by atoms with Gasteiger partial charge in [-0.15, -0.1) is 0 Å². The first kappa shape index (κ1) is 15.5. The van der Waals surface area contributed by atoms with E-state index in [2.05, 4.69) is 11.9 Å². The zero-order valence-corrected chi connectivity index (χ0v) is 11.9. The van der Waals surface area contributed by atoms with E-state index in [1.165, 1.54) is 57.8 Å². The molecule has 0 saturated heterocycles. The lowest BCUT2D eigenvalue weighted by Gasteiger charge is -2.02. The van der Waals surface area contributed by atoms with Gasteiger partial charge in [0.25, 0.3) is 0 Å². The Morgan fingerprint density at radius 2 is 1.67 bits per heavy atom. The highest BCUT2D eigenvalue weighted by molar-refractivity contribution is 5.77. The van der Waals surface area contributed by atoms with Crippen LogP contribution in [0.5, 0.6) is 0 Å². The van der Waals surface area contributed by atoms with Crippen LogP contribution in [0.15, 0.2) is 4.99 Å². The van der Waals surface area contributed by atoms with Gasteiger partial charge in [-0.1, -0.05) is 58.3 Å². The Morgan fingerprint density at radius 1 is 1.06 bits per heavy atom. The first-order valence-corrected chi connectivity index (χ1v) is 7.67. The number of rotatable bonds is 11. The molecule has 1 aliphatic heterocycles. The zero-order chi connectivity index (χ0) is 13.1. The van der Waals surface area contributed by atoms with Crippen LogP contribution in [0.1, 0.15) is 71.1 Å². The van der Waals surface area contributed by atoms with E-state index in [-0.39, 0.29) is 12.6 Å². The fourth-order valence-corrected chi connectivity index (χ4v) is 2.29. The van der Waals surface area contributed by atoms with Gasteiger partial charge in [-0.05, 0) is 6.42 Å². The Balaban J connectivity index is 1.84. The third kappa shape index (κ3) is 7.00. The molecule has 18 heavy (non-hydrogen) atoms. The van der Waals surface area contributed by atoms with Crippen molar-refractivity contribution in [3.8, 4) is 0 Å². The van der Waals surface area contributed by atoms with Gasteiger partial charge in [-0.3, -0.25) is 0 Å². The van der Waals surface area contributed by atoms with Crippen LogP contribution in [0.3, 0.4) is 0 Å². The van der Waals surface area contributed by atoms with E-state index in [0.717, 1.165) is 12.3 Å². The van der Waals surface area contributed by atoms with Crippen LogP contribution in [-0.2, 0) is 4.74 Å². The van der Waals surface area contributed by atoms with Crippen molar-refractivity contribution in [3.05, 3.63) is 0 Å². The highest BCUT2D eigenvalue weighted by Crippen LogP contribution is 2.13. The summed E-state index contributed by atoms with van der Waals surface area (Å²) in [6.45, 7) is 2.94. The van der Waals surface area contributed by atoms with Crippen molar-refractivity contribution in [1.29, 1.82) is 0 Å². The molecule has 1 atom stereocenters. The second kappa shape index (κ2) is 10.4. The van der Waals surface area contributed by atoms with Crippen LogP contribution >= 0.6 is 0 Å². The monoisotopic (exact) mass is 255 g/mol. The van der Waals surface area contributed by atoms with E-state index in [1.54, 1.807) is 0 Å². The number of aliphatic hydroxyl groups excluding tert-OH is 1. The maximum absolute atomic E-state index is 8.93. The number of nitrogens with zero attached hydrogens (tertiary/aromatic N) is 1. The molecule has 0 radical (unpaired) electrons. The molecule has 0 aliphatic carbocycles. The van der Waals surface area contributed by atoms with Crippen LogP contribution in [0, 0.1) is 0 Å². The van der Waals surface area contributed by atoms with Gasteiger partial charge in [0.2, 0.25) is 0 Å². The molecule has 1 N–H and O–H groups in total. The van der Waals surface area contributed by atoms with E-state index < -0.39 is 0 Å². The second-order valence-corrected chi connectivity index (χ2v) is 5.25. The maximum atomic E-state index is 8.93. The van der Waals surface area contributed by atoms with Crippen molar-refractivity contribution in [2.75, 3.05) is 13.2 Å². The summed E-state index contributed by atoms with van der Waals surface area (Å²) < 4.78 is 5.42. The second-order valence-electron chi connectivity index (χ2n) is 5.25. The summed E-state index contributed by atoms with van der Waals surface area (Å²) in [4.78, 5) is 4.32. The van der Waals surface area contributed by atoms with Crippen LogP contribution in [-0.4, -0.2) is 30.3 Å². The molecule has 1 heterocycles. The van der Waals surface area contributed by atoms with Crippen LogP contribution in [0.4, 0.5) is 0 Å². The molecular formula is C15H29NO2. The van der Waals surface area contributed by atoms with Crippen molar-refractivity contribution in [2.45, 2.75) is 77.2 Å². The van der Waals surface area contributed by atoms with Crippen molar-refractivity contribution in [1.82, 2.24) is 0 Å². The van der Waals surface area contributed by atoms with Gasteiger partial charge < -0.3 is 9.84 Å². The third-order valence-electron chi connectivity index (χ3n) is 3.47. The molecule has 1 unspecified atom stereocenters. The van der Waals surface area contributed by atoms with Crippen LogP contribution in [0.25, 0.3) is 0 Å².